The number of para-hydroxylation sites is 1. The Kier molecular flexibility index (Phi) is 4.36. The molecule has 2 heteroatoms. The molecule has 32 heavy (non-hydrogen) atoms. The fourth-order valence-corrected chi connectivity index (χ4v) is 8.10. The molecule has 0 spiro atoms. The van der Waals surface area contributed by atoms with Gasteiger partial charge in [0.05, 0.1) is 12.1 Å². The summed E-state index contributed by atoms with van der Waals surface area (Å²) >= 11 is 2.11. The van der Waals surface area contributed by atoms with E-state index in [4.69, 9.17) is 0 Å². The van der Waals surface area contributed by atoms with Gasteiger partial charge in [-0.1, -0.05) is 97.2 Å². The van der Waals surface area contributed by atoms with E-state index in [9.17, 15) is 0 Å². The van der Waals surface area contributed by atoms with Gasteiger partial charge in [0.1, 0.15) is 0 Å². The van der Waals surface area contributed by atoms with Crippen LogP contribution in [0, 0.1) is 23.7 Å². The third-order valence-corrected chi connectivity index (χ3v) is 9.43. The van der Waals surface area contributed by atoms with E-state index >= 15 is 0 Å². The Morgan fingerprint density at radius 2 is 1.59 bits per heavy atom. The molecule has 7 unspecified atom stereocenters. The first-order valence-electron chi connectivity index (χ1n) is 11.9. The molecule has 0 aromatic heterocycles. The van der Waals surface area contributed by atoms with E-state index in [1.165, 1.54) is 11.3 Å². The molecule has 0 bridgehead atoms. The van der Waals surface area contributed by atoms with Crippen molar-refractivity contribution >= 4 is 17.4 Å². The van der Waals surface area contributed by atoms with Crippen LogP contribution in [0.3, 0.4) is 0 Å². The molecule has 158 valence electrons. The van der Waals surface area contributed by atoms with Crippen LogP contribution in [0.25, 0.3) is 0 Å². The largest absolute Gasteiger partial charge is 0.357 e. The van der Waals surface area contributed by atoms with Crippen LogP contribution >= 0.6 is 11.8 Å². The standard InChI is InChI=1S/C30H27NS/c1-2-9-21(10-3-1)31-27-15-6-4-11-23(27)26-19-20(17-18-28(26)31)22-13-8-14-25-24-12-5-7-16-29(24)32-30(22)25/h1-12,14-19,22-24,26-29H,13H2. The number of hydrogen-bond donors (Lipinski definition) is 0. The summed E-state index contributed by atoms with van der Waals surface area (Å²) in [5.74, 6) is 2.11. The lowest BCUT2D eigenvalue weighted by Gasteiger charge is -2.33. The van der Waals surface area contributed by atoms with Crippen LogP contribution < -0.4 is 4.90 Å². The Hall–Kier alpha value is -2.71. The van der Waals surface area contributed by atoms with Crippen molar-refractivity contribution in [3.05, 3.63) is 125 Å². The van der Waals surface area contributed by atoms with Crippen LogP contribution in [0.1, 0.15) is 6.42 Å². The first-order chi connectivity index (χ1) is 15.9. The van der Waals surface area contributed by atoms with Crippen LogP contribution in [-0.4, -0.2) is 17.3 Å². The molecule has 0 N–H and O–H groups in total. The van der Waals surface area contributed by atoms with Crippen molar-refractivity contribution in [2.75, 3.05) is 4.90 Å². The van der Waals surface area contributed by atoms with Crippen molar-refractivity contribution in [1.82, 2.24) is 0 Å². The highest BCUT2D eigenvalue weighted by molar-refractivity contribution is 8.04. The second-order valence-corrected chi connectivity index (χ2v) is 10.8. The number of nitrogens with zero attached hydrogens (tertiary/aromatic N) is 1. The van der Waals surface area contributed by atoms with Gasteiger partial charge >= 0.3 is 0 Å². The lowest BCUT2D eigenvalue weighted by molar-refractivity contribution is 0.518. The number of benzene rings is 1. The minimum atomic E-state index is 0.417. The average Bonchev–Trinajstić information content (AvgIpc) is 3.40. The third kappa shape index (κ3) is 2.79. The summed E-state index contributed by atoms with van der Waals surface area (Å²) in [6.07, 6.45) is 32.1. The Labute approximate surface area is 195 Å². The summed E-state index contributed by atoms with van der Waals surface area (Å²) in [6.45, 7) is 0. The molecule has 7 rings (SSSR count). The van der Waals surface area contributed by atoms with Crippen molar-refractivity contribution in [3.8, 4) is 0 Å². The molecule has 1 aromatic carbocycles. The monoisotopic (exact) mass is 433 g/mol. The highest BCUT2D eigenvalue weighted by Crippen LogP contribution is 2.54. The number of hydrogen-bond acceptors (Lipinski definition) is 2. The average molecular weight is 434 g/mol. The topological polar surface area (TPSA) is 3.24 Å². The van der Waals surface area contributed by atoms with Gasteiger partial charge < -0.3 is 4.90 Å². The Bertz CT molecular complexity index is 1170. The van der Waals surface area contributed by atoms with Crippen molar-refractivity contribution in [3.63, 3.8) is 0 Å². The summed E-state index contributed by atoms with van der Waals surface area (Å²) in [6, 6.07) is 11.8. The van der Waals surface area contributed by atoms with Crippen molar-refractivity contribution in [1.29, 1.82) is 0 Å². The molecule has 0 radical (unpaired) electrons. The van der Waals surface area contributed by atoms with Gasteiger partial charge in [-0.05, 0) is 34.6 Å². The third-order valence-electron chi connectivity index (χ3n) is 7.93. The van der Waals surface area contributed by atoms with E-state index in [0.29, 0.717) is 41.0 Å². The van der Waals surface area contributed by atoms with Gasteiger partial charge in [0, 0.05) is 34.6 Å². The minimum absolute atomic E-state index is 0.417. The van der Waals surface area contributed by atoms with E-state index in [1.54, 1.807) is 10.5 Å². The summed E-state index contributed by atoms with van der Waals surface area (Å²) in [5, 5.41) is 0.576. The van der Waals surface area contributed by atoms with Gasteiger partial charge in [0.25, 0.3) is 0 Å². The first kappa shape index (κ1) is 18.8. The second kappa shape index (κ2) is 7.42. The van der Waals surface area contributed by atoms with Gasteiger partial charge in [-0.25, -0.2) is 0 Å². The Morgan fingerprint density at radius 1 is 0.781 bits per heavy atom. The number of anilines is 1. The lowest BCUT2D eigenvalue weighted by Crippen LogP contribution is -2.37. The molecule has 0 saturated carbocycles. The van der Waals surface area contributed by atoms with E-state index in [0.717, 1.165) is 6.42 Å². The van der Waals surface area contributed by atoms with Crippen molar-refractivity contribution in [2.45, 2.75) is 23.8 Å². The van der Waals surface area contributed by atoms with E-state index in [2.05, 4.69) is 126 Å². The molecular formula is C30H27NS. The van der Waals surface area contributed by atoms with Gasteiger partial charge in [-0.3, -0.25) is 0 Å². The summed E-state index contributed by atoms with van der Waals surface area (Å²) in [4.78, 5) is 4.25. The molecular weight excluding hydrogens is 406 g/mol. The van der Waals surface area contributed by atoms with Crippen LogP contribution in [0.4, 0.5) is 5.69 Å². The zero-order valence-corrected chi connectivity index (χ0v) is 18.8. The maximum Gasteiger partial charge on any atom is 0.0552 e. The van der Waals surface area contributed by atoms with Crippen LogP contribution in [-0.2, 0) is 0 Å². The van der Waals surface area contributed by atoms with Crippen LogP contribution in [0.2, 0.25) is 0 Å². The fraction of sp³-hybridized carbons (Fsp3) is 0.267. The van der Waals surface area contributed by atoms with Gasteiger partial charge in [-0.2, -0.15) is 0 Å². The minimum Gasteiger partial charge on any atom is -0.357 e. The molecule has 0 amide bonds. The van der Waals surface area contributed by atoms with Crippen LogP contribution in [0.15, 0.2) is 125 Å². The normalized spacial score (nSPS) is 37.9. The second-order valence-electron chi connectivity index (χ2n) is 9.56. The number of allylic oxidation sites excluding steroid dienone is 11. The lowest BCUT2D eigenvalue weighted by atomic mass is 9.77. The molecule has 1 saturated heterocycles. The maximum atomic E-state index is 2.64. The quantitative estimate of drug-likeness (QED) is 0.505. The molecule has 2 heterocycles. The van der Waals surface area contributed by atoms with E-state index in [1.807, 2.05) is 0 Å². The fourth-order valence-electron chi connectivity index (χ4n) is 6.51. The van der Waals surface area contributed by atoms with Crippen molar-refractivity contribution < 1.29 is 0 Å². The van der Waals surface area contributed by atoms with Crippen molar-refractivity contribution in [2.24, 2.45) is 23.7 Å². The SMILES string of the molecule is C1=CC2SC3=C(C=CCC3C3=CC4C5C=CC=CC5N(c5ccccc5)C4C=C3)C2C=C1. The summed E-state index contributed by atoms with van der Waals surface area (Å²) < 4.78 is 0. The van der Waals surface area contributed by atoms with E-state index < -0.39 is 0 Å². The van der Waals surface area contributed by atoms with Gasteiger partial charge in [-0.15, -0.1) is 11.8 Å². The molecule has 1 nitrogen and oxygen atoms in total. The molecule has 2 aliphatic heterocycles. The predicted molar refractivity (Wildman–Crippen MR) is 136 cm³/mol. The Balaban J connectivity index is 1.25. The van der Waals surface area contributed by atoms with E-state index in [-0.39, 0.29) is 0 Å². The predicted octanol–water partition coefficient (Wildman–Crippen LogP) is 6.79. The zero-order chi connectivity index (χ0) is 21.1. The number of fused-ring (bicyclic) bond motifs is 5. The number of rotatable bonds is 2. The Morgan fingerprint density at radius 3 is 2.53 bits per heavy atom. The summed E-state index contributed by atoms with van der Waals surface area (Å²) in [7, 11) is 0. The molecule has 1 fully saturated rings. The zero-order valence-electron chi connectivity index (χ0n) is 18.0. The number of thioether (sulfide) groups is 1. The molecule has 4 aliphatic carbocycles. The highest BCUT2D eigenvalue weighted by Gasteiger charge is 2.47. The van der Waals surface area contributed by atoms with Gasteiger partial charge in [0.2, 0.25) is 0 Å². The van der Waals surface area contributed by atoms with Gasteiger partial charge in [0.15, 0.2) is 0 Å². The van der Waals surface area contributed by atoms with Crippen LogP contribution in [0.5, 0.6) is 0 Å². The highest BCUT2D eigenvalue weighted by atomic mass is 32.2. The molecule has 6 aliphatic rings. The molecule has 7 atom stereocenters. The smallest absolute Gasteiger partial charge is 0.0552 e. The summed E-state index contributed by atoms with van der Waals surface area (Å²) in [5.41, 5.74) is 4.42. The molecule has 1 aromatic rings. The first-order valence-corrected chi connectivity index (χ1v) is 12.8. The maximum absolute atomic E-state index is 2.64.